The number of aromatic nitrogens is 2. The van der Waals surface area contributed by atoms with Crippen molar-refractivity contribution in [1.82, 2.24) is 9.97 Å². The van der Waals surface area contributed by atoms with Gasteiger partial charge in [0.05, 0.1) is 22.4 Å². The molecular weight excluding hydrogens is 412 g/mol. The molecule has 2 heteroatoms. The van der Waals surface area contributed by atoms with Gasteiger partial charge in [0.1, 0.15) is 0 Å². The van der Waals surface area contributed by atoms with E-state index in [1.165, 1.54) is 43.4 Å². The van der Waals surface area contributed by atoms with Crippen LogP contribution >= 0.6 is 0 Å². The Balaban J connectivity index is 1.70. The van der Waals surface area contributed by atoms with Gasteiger partial charge in [-0.15, -0.1) is 0 Å². The first-order chi connectivity index (χ1) is 16.3. The Hall–Kier alpha value is -3.78. The molecule has 0 N–H and O–H groups in total. The smallest absolute Gasteiger partial charge is 0.0784 e. The zero-order chi connectivity index (χ0) is 23.2. The van der Waals surface area contributed by atoms with E-state index in [0.717, 1.165) is 22.4 Å². The second kappa shape index (κ2) is 6.42. The summed E-state index contributed by atoms with van der Waals surface area (Å²) in [7, 11) is 0. The van der Waals surface area contributed by atoms with Crippen LogP contribution in [0.15, 0.2) is 84.9 Å². The Labute approximate surface area is 199 Å². The minimum Gasteiger partial charge on any atom is -0.251 e. The summed E-state index contributed by atoms with van der Waals surface area (Å²) in [6.45, 7) is 9.10. The van der Waals surface area contributed by atoms with Gasteiger partial charge >= 0.3 is 0 Å². The lowest BCUT2D eigenvalue weighted by Crippen LogP contribution is -2.21. The molecule has 2 nitrogen and oxygen atoms in total. The standard InChI is InChI=1S/C32H26N2/c1-31(2)23-13-9-19-5-8-22-12-16-28(34-30(22)25(19)17-23)32(3,4)24-14-10-20-6-7-21-11-15-27(31)33-29(21)26(20)18-24/h5-18H,1-4H3. The van der Waals surface area contributed by atoms with Gasteiger partial charge in [0, 0.05) is 32.4 Å². The molecule has 7 rings (SSSR count). The molecular formula is C32H26N2. The summed E-state index contributed by atoms with van der Waals surface area (Å²) < 4.78 is 0. The highest BCUT2D eigenvalue weighted by molar-refractivity contribution is 6.07. The fourth-order valence-corrected chi connectivity index (χ4v) is 5.58. The van der Waals surface area contributed by atoms with E-state index in [1.807, 2.05) is 0 Å². The Morgan fingerprint density at radius 1 is 0.441 bits per heavy atom. The first kappa shape index (κ1) is 19.7. The highest BCUT2D eigenvalue weighted by Crippen LogP contribution is 2.39. The summed E-state index contributed by atoms with van der Waals surface area (Å²) in [6, 6.07) is 31.3. The average Bonchev–Trinajstić information content (AvgIpc) is 2.86. The van der Waals surface area contributed by atoms with Gasteiger partial charge < -0.3 is 0 Å². The highest BCUT2D eigenvalue weighted by atomic mass is 14.7. The maximum atomic E-state index is 5.30. The molecule has 6 aromatic rings. The summed E-state index contributed by atoms with van der Waals surface area (Å²) in [5.41, 5.74) is 6.33. The third-order valence-electron chi connectivity index (χ3n) is 8.08. The molecule has 0 saturated carbocycles. The molecule has 0 saturated heterocycles. The monoisotopic (exact) mass is 438 g/mol. The topological polar surface area (TPSA) is 25.8 Å². The van der Waals surface area contributed by atoms with Crippen molar-refractivity contribution >= 4 is 43.4 Å². The molecule has 4 aromatic carbocycles. The number of hydrogen-bond donors (Lipinski definition) is 0. The molecule has 1 aliphatic rings. The van der Waals surface area contributed by atoms with Crippen LogP contribution in [0.5, 0.6) is 0 Å². The van der Waals surface area contributed by atoms with Crippen molar-refractivity contribution in [3.8, 4) is 0 Å². The van der Waals surface area contributed by atoms with Crippen molar-refractivity contribution in [3.05, 3.63) is 107 Å². The molecule has 0 radical (unpaired) electrons. The summed E-state index contributed by atoms with van der Waals surface area (Å²) in [4.78, 5) is 10.6. The third-order valence-corrected chi connectivity index (χ3v) is 8.08. The molecule has 2 aromatic heterocycles. The lowest BCUT2D eigenvalue weighted by atomic mass is 9.78. The number of fused-ring (bicyclic) bond motifs is 4. The first-order valence-corrected chi connectivity index (χ1v) is 12.0. The van der Waals surface area contributed by atoms with Crippen molar-refractivity contribution in [3.63, 3.8) is 0 Å². The lowest BCUT2D eigenvalue weighted by molar-refractivity contribution is 0.619. The Morgan fingerprint density at radius 2 is 0.794 bits per heavy atom. The van der Waals surface area contributed by atoms with Crippen LogP contribution in [0.3, 0.4) is 0 Å². The van der Waals surface area contributed by atoms with Gasteiger partial charge in [-0.05, 0) is 46.2 Å². The number of hydrogen-bond acceptors (Lipinski definition) is 2. The van der Waals surface area contributed by atoms with E-state index in [2.05, 4.69) is 113 Å². The maximum absolute atomic E-state index is 5.30. The van der Waals surface area contributed by atoms with Gasteiger partial charge in [0.2, 0.25) is 0 Å². The number of benzene rings is 4. The van der Waals surface area contributed by atoms with Crippen molar-refractivity contribution in [1.29, 1.82) is 0 Å². The minimum absolute atomic E-state index is 0.245. The van der Waals surface area contributed by atoms with Crippen LogP contribution in [0, 0.1) is 0 Å². The summed E-state index contributed by atoms with van der Waals surface area (Å²) >= 11 is 0. The summed E-state index contributed by atoms with van der Waals surface area (Å²) in [6.07, 6.45) is 0. The van der Waals surface area contributed by atoms with Crippen LogP contribution in [0.4, 0.5) is 0 Å². The first-order valence-electron chi connectivity index (χ1n) is 12.0. The summed E-state index contributed by atoms with van der Waals surface area (Å²) in [5.74, 6) is 0. The SMILES string of the molecule is CC1(C)c2ccc3ccc4ccc(nc4c3c2)C(C)(C)c2ccc3ccc4ccc1nc4c3c2. The van der Waals surface area contributed by atoms with Crippen LogP contribution in [0.1, 0.15) is 50.2 Å². The quantitative estimate of drug-likeness (QED) is 0.224. The van der Waals surface area contributed by atoms with Crippen LogP contribution in [-0.4, -0.2) is 9.97 Å². The molecule has 0 unspecified atom stereocenters. The predicted molar refractivity (Wildman–Crippen MR) is 143 cm³/mol. The van der Waals surface area contributed by atoms with Gasteiger partial charge in [0.25, 0.3) is 0 Å². The van der Waals surface area contributed by atoms with E-state index in [9.17, 15) is 0 Å². The molecule has 1 aliphatic heterocycles. The molecule has 0 fully saturated rings. The van der Waals surface area contributed by atoms with E-state index in [0.29, 0.717) is 0 Å². The summed E-state index contributed by atoms with van der Waals surface area (Å²) in [5, 5.41) is 7.20. The number of nitrogens with zero attached hydrogens (tertiary/aromatic N) is 2. The fraction of sp³-hybridized carbons (Fsp3) is 0.188. The minimum atomic E-state index is -0.245. The molecule has 0 atom stereocenters. The van der Waals surface area contributed by atoms with E-state index < -0.39 is 0 Å². The van der Waals surface area contributed by atoms with Gasteiger partial charge in [0.15, 0.2) is 0 Å². The van der Waals surface area contributed by atoms with Crippen LogP contribution < -0.4 is 0 Å². The second-order valence-electron chi connectivity index (χ2n) is 10.8. The Morgan fingerprint density at radius 3 is 1.24 bits per heavy atom. The van der Waals surface area contributed by atoms with Crippen molar-refractivity contribution in [2.24, 2.45) is 0 Å². The Bertz CT molecular complexity index is 1540. The van der Waals surface area contributed by atoms with Crippen molar-refractivity contribution in [2.45, 2.75) is 38.5 Å². The molecule has 0 amide bonds. The number of pyridine rings is 2. The van der Waals surface area contributed by atoms with Crippen LogP contribution in [-0.2, 0) is 10.8 Å². The third kappa shape index (κ3) is 2.57. The average molecular weight is 439 g/mol. The predicted octanol–water partition coefficient (Wildman–Crippen LogP) is 8.05. The molecule has 0 aliphatic carbocycles. The number of rotatable bonds is 0. The van der Waals surface area contributed by atoms with Crippen molar-refractivity contribution < 1.29 is 0 Å². The second-order valence-corrected chi connectivity index (χ2v) is 10.8. The Kier molecular flexibility index (Phi) is 3.71. The van der Waals surface area contributed by atoms with Gasteiger partial charge in [-0.1, -0.05) is 88.4 Å². The molecule has 3 heterocycles. The zero-order valence-electron chi connectivity index (χ0n) is 20.0. The zero-order valence-corrected chi connectivity index (χ0v) is 20.0. The normalized spacial score (nSPS) is 16.1. The van der Waals surface area contributed by atoms with E-state index >= 15 is 0 Å². The molecule has 164 valence electrons. The molecule has 8 bridgehead atoms. The largest absolute Gasteiger partial charge is 0.251 e. The van der Waals surface area contributed by atoms with Gasteiger partial charge in [-0.3, -0.25) is 9.97 Å². The maximum Gasteiger partial charge on any atom is 0.0784 e. The lowest BCUT2D eigenvalue weighted by Gasteiger charge is -2.28. The molecule has 34 heavy (non-hydrogen) atoms. The fourth-order valence-electron chi connectivity index (χ4n) is 5.58. The van der Waals surface area contributed by atoms with Crippen molar-refractivity contribution in [2.75, 3.05) is 0 Å². The molecule has 0 spiro atoms. The highest BCUT2D eigenvalue weighted by Gasteiger charge is 2.28. The van der Waals surface area contributed by atoms with Crippen LogP contribution in [0.2, 0.25) is 0 Å². The van der Waals surface area contributed by atoms with E-state index in [-0.39, 0.29) is 10.8 Å². The van der Waals surface area contributed by atoms with E-state index in [1.54, 1.807) is 0 Å². The van der Waals surface area contributed by atoms with Gasteiger partial charge in [-0.25, -0.2) is 0 Å². The van der Waals surface area contributed by atoms with Gasteiger partial charge in [-0.2, -0.15) is 0 Å². The van der Waals surface area contributed by atoms with E-state index in [4.69, 9.17) is 9.97 Å². The van der Waals surface area contributed by atoms with Crippen LogP contribution in [0.25, 0.3) is 43.4 Å².